The van der Waals surface area contributed by atoms with E-state index in [1.165, 1.54) is 0 Å². The van der Waals surface area contributed by atoms with Gasteiger partial charge >= 0.3 is 0 Å². The number of hydrazine groups is 1. The van der Waals surface area contributed by atoms with Gasteiger partial charge in [0.1, 0.15) is 0 Å². The average molecular weight is 284 g/mol. The normalized spacial score (nSPS) is 12.5. The van der Waals surface area contributed by atoms with E-state index in [-0.39, 0.29) is 6.04 Å². The number of nitrogens with two attached hydrogens (primary N) is 1. The molecule has 20 heavy (non-hydrogen) atoms. The topological polar surface area (TPSA) is 50.9 Å². The molecule has 1 atom stereocenters. The molecule has 2 aromatic carbocycles. The summed E-state index contributed by atoms with van der Waals surface area (Å²) in [5.41, 5.74) is 5.61. The van der Waals surface area contributed by atoms with Crippen LogP contribution < -0.4 is 11.3 Å². The first-order valence-corrected chi connectivity index (χ1v) is 6.73. The number of para-hydroxylation sites is 1. The van der Waals surface area contributed by atoms with Gasteiger partial charge in [0.05, 0.1) is 17.3 Å². The van der Waals surface area contributed by atoms with Crippen molar-refractivity contribution in [3.63, 3.8) is 0 Å². The van der Waals surface area contributed by atoms with Crippen LogP contribution in [0.15, 0.2) is 60.7 Å². The van der Waals surface area contributed by atoms with Gasteiger partial charge in [-0.25, -0.2) is 5.43 Å². The number of nitrogens with one attached hydrogen (secondary N) is 1. The Kier molecular flexibility index (Phi) is 3.65. The fourth-order valence-corrected chi connectivity index (χ4v) is 2.48. The average Bonchev–Trinajstić information content (AvgIpc) is 2.48. The standard InChI is InChI=1S/C16H14ClN3/c17-13-6-3-5-12(10-13)16(20-18)15-9-8-11-4-1-2-7-14(11)19-15/h1-10,16,20H,18H2. The largest absolute Gasteiger partial charge is 0.271 e. The van der Waals surface area contributed by atoms with Gasteiger partial charge in [0.2, 0.25) is 0 Å². The second kappa shape index (κ2) is 5.59. The van der Waals surface area contributed by atoms with Gasteiger partial charge in [0, 0.05) is 10.4 Å². The summed E-state index contributed by atoms with van der Waals surface area (Å²) in [6.07, 6.45) is 0. The SMILES string of the molecule is NNC(c1cccc(Cl)c1)c1ccc2ccccc2n1. The van der Waals surface area contributed by atoms with E-state index in [2.05, 4.69) is 10.4 Å². The molecular weight excluding hydrogens is 270 g/mol. The quantitative estimate of drug-likeness (QED) is 0.572. The number of rotatable bonds is 3. The monoisotopic (exact) mass is 283 g/mol. The maximum absolute atomic E-state index is 6.04. The molecule has 0 saturated heterocycles. The molecule has 3 rings (SSSR count). The van der Waals surface area contributed by atoms with Crippen LogP contribution in [0.4, 0.5) is 0 Å². The van der Waals surface area contributed by atoms with Gasteiger partial charge in [-0.15, -0.1) is 0 Å². The summed E-state index contributed by atoms with van der Waals surface area (Å²) < 4.78 is 0. The van der Waals surface area contributed by atoms with Gasteiger partial charge in [-0.05, 0) is 29.8 Å². The van der Waals surface area contributed by atoms with E-state index in [1.54, 1.807) is 0 Å². The lowest BCUT2D eigenvalue weighted by molar-refractivity contribution is 0.623. The summed E-state index contributed by atoms with van der Waals surface area (Å²) in [5.74, 6) is 5.70. The zero-order valence-corrected chi connectivity index (χ0v) is 11.5. The minimum absolute atomic E-state index is 0.182. The first kappa shape index (κ1) is 13.1. The third-order valence-corrected chi connectivity index (χ3v) is 3.50. The van der Waals surface area contributed by atoms with Crippen molar-refractivity contribution in [2.45, 2.75) is 6.04 Å². The number of pyridine rings is 1. The fraction of sp³-hybridized carbons (Fsp3) is 0.0625. The number of hydrogen-bond donors (Lipinski definition) is 2. The van der Waals surface area contributed by atoms with E-state index in [9.17, 15) is 0 Å². The molecule has 1 aromatic heterocycles. The Labute approximate surface area is 122 Å². The van der Waals surface area contributed by atoms with E-state index in [4.69, 9.17) is 17.4 Å². The Balaban J connectivity index is 2.07. The Morgan fingerprint density at radius 3 is 2.65 bits per heavy atom. The van der Waals surface area contributed by atoms with E-state index in [0.717, 1.165) is 22.2 Å². The number of nitrogens with zero attached hydrogens (tertiary/aromatic N) is 1. The number of aromatic nitrogens is 1. The van der Waals surface area contributed by atoms with E-state index in [1.807, 2.05) is 60.7 Å². The van der Waals surface area contributed by atoms with Gasteiger partial charge in [-0.2, -0.15) is 0 Å². The highest BCUT2D eigenvalue weighted by Gasteiger charge is 2.14. The Bertz CT molecular complexity index is 742. The number of hydrogen-bond acceptors (Lipinski definition) is 3. The van der Waals surface area contributed by atoms with Crippen LogP contribution in [0.1, 0.15) is 17.3 Å². The summed E-state index contributed by atoms with van der Waals surface area (Å²) >= 11 is 6.04. The molecule has 0 saturated carbocycles. The van der Waals surface area contributed by atoms with Gasteiger partial charge in [-0.3, -0.25) is 10.8 Å². The van der Waals surface area contributed by atoms with Crippen molar-refractivity contribution in [3.05, 3.63) is 76.9 Å². The van der Waals surface area contributed by atoms with Crippen LogP contribution in [-0.2, 0) is 0 Å². The minimum atomic E-state index is -0.182. The van der Waals surface area contributed by atoms with E-state index in [0.29, 0.717) is 5.02 Å². The maximum Gasteiger partial charge on any atom is 0.0882 e. The Morgan fingerprint density at radius 1 is 1.00 bits per heavy atom. The zero-order chi connectivity index (χ0) is 13.9. The lowest BCUT2D eigenvalue weighted by Gasteiger charge is -2.16. The minimum Gasteiger partial charge on any atom is -0.271 e. The van der Waals surface area contributed by atoms with Crippen LogP contribution in [0, 0.1) is 0 Å². The first-order chi connectivity index (χ1) is 9.78. The van der Waals surface area contributed by atoms with Crippen molar-refractivity contribution in [1.29, 1.82) is 0 Å². The third kappa shape index (κ3) is 2.51. The zero-order valence-electron chi connectivity index (χ0n) is 10.8. The highest BCUT2D eigenvalue weighted by molar-refractivity contribution is 6.30. The maximum atomic E-state index is 6.04. The van der Waals surface area contributed by atoms with E-state index < -0.39 is 0 Å². The molecule has 0 bridgehead atoms. The van der Waals surface area contributed by atoms with Crippen LogP contribution in [-0.4, -0.2) is 4.98 Å². The van der Waals surface area contributed by atoms with Crippen LogP contribution in [0.2, 0.25) is 5.02 Å². The number of halogens is 1. The molecule has 3 nitrogen and oxygen atoms in total. The van der Waals surface area contributed by atoms with Gasteiger partial charge in [0.25, 0.3) is 0 Å². The summed E-state index contributed by atoms with van der Waals surface area (Å²) in [5, 5.41) is 1.79. The summed E-state index contributed by atoms with van der Waals surface area (Å²) in [7, 11) is 0. The van der Waals surface area contributed by atoms with Crippen LogP contribution in [0.3, 0.4) is 0 Å². The lowest BCUT2D eigenvalue weighted by Crippen LogP contribution is -2.29. The first-order valence-electron chi connectivity index (χ1n) is 6.35. The fourth-order valence-electron chi connectivity index (χ4n) is 2.28. The van der Waals surface area contributed by atoms with Crippen molar-refractivity contribution in [3.8, 4) is 0 Å². The van der Waals surface area contributed by atoms with Gasteiger partial charge in [0.15, 0.2) is 0 Å². The smallest absolute Gasteiger partial charge is 0.0882 e. The van der Waals surface area contributed by atoms with Gasteiger partial charge in [-0.1, -0.05) is 48.0 Å². The summed E-state index contributed by atoms with van der Waals surface area (Å²) in [6.45, 7) is 0. The van der Waals surface area contributed by atoms with Gasteiger partial charge < -0.3 is 0 Å². The summed E-state index contributed by atoms with van der Waals surface area (Å²) in [6, 6.07) is 19.5. The van der Waals surface area contributed by atoms with E-state index >= 15 is 0 Å². The molecular formula is C16H14ClN3. The highest BCUT2D eigenvalue weighted by Crippen LogP contribution is 2.24. The molecule has 0 amide bonds. The molecule has 0 radical (unpaired) electrons. The Hall–Kier alpha value is -1.94. The van der Waals surface area contributed by atoms with Crippen LogP contribution in [0.25, 0.3) is 10.9 Å². The van der Waals surface area contributed by atoms with Crippen molar-refractivity contribution in [2.24, 2.45) is 5.84 Å². The molecule has 1 unspecified atom stereocenters. The molecule has 0 aliphatic heterocycles. The number of fused-ring (bicyclic) bond motifs is 1. The second-order valence-corrected chi connectivity index (χ2v) is 5.02. The molecule has 0 spiro atoms. The molecule has 4 heteroatoms. The van der Waals surface area contributed by atoms with Crippen LogP contribution >= 0.6 is 11.6 Å². The molecule has 0 fully saturated rings. The second-order valence-electron chi connectivity index (χ2n) is 4.58. The van der Waals surface area contributed by atoms with Crippen molar-refractivity contribution in [1.82, 2.24) is 10.4 Å². The molecule has 0 aliphatic carbocycles. The predicted molar refractivity (Wildman–Crippen MR) is 82.4 cm³/mol. The predicted octanol–water partition coefficient (Wildman–Crippen LogP) is 3.44. The third-order valence-electron chi connectivity index (χ3n) is 3.26. The summed E-state index contributed by atoms with van der Waals surface area (Å²) in [4.78, 5) is 4.67. The van der Waals surface area contributed by atoms with Crippen molar-refractivity contribution >= 4 is 22.5 Å². The molecule has 3 N–H and O–H groups in total. The lowest BCUT2D eigenvalue weighted by atomic mass is 10.0. The molecule has 3 aromatic rings. The molecule has 100 valence electrons. The number of benzene rings is 2. The van der Waals surface area contributed by atoms with Crippen LogP contribution in [0.5, 0.6) is 0 Å². The molecule has 1 heterocycles. The Morgan fingerprint density at radius 2 is 1.85 bits per heavy atom. The highest BCUT2D eigenvalue weighted by atomic mass is 35.5. The van der Waals surface area contributed by atoms with Crippen molar-refractivity contribution in [2.75, 3.05) is 0 Å². The molecule has 0 aliphatic rings. The van der Waals surface area contributed by atoms with Crippen molar-refractivity contribution < 1.29 is 0 Å².